The lowest BCUT2D eigenvalue weighted by atomic mass is 10.1. The summed E-state index contributed by atoms with van der Waals surface area (Å²) in [5, 5.41) is 2.70. The lowest BCUT2D eigenvalue weighted by Crippen LogP contribution is -2.27. The number of aromatic nitrogens is 1. The Labute approximate surface area is 164 Å². The molecule has 0 aliphatic rings. The van der Waals surface area contributed by atoms with Crippen LogP contribution in [0.15, 0.2) is 66.9 Å². The molecule has 0 aliphatic carbocycles. The van der Waals surface area contributed by atoms with Crippen LogP contribution in [0.25, 0.3) is 0 Å². The van der Waals surface area contributed by atoms with Crippen LogP contribution >= 0.6 is 0 Å². The Morgan fingerprint density at radius 2 is 1.72 bits per heavy atom. The zero-order chi connectivity index (χ0) is 21.0. The van der Waals surface area contributed by atoms with Crippen molar-refractivity contribution in [3.05, 3.63) is 89.4 Å². The molecule has 1 aromatic heterocycles. The summed E-state index contributed by atoms with van der Waals surface area (Å²) in [6.45, 7) is 1.67. The number of nitrogens with one attached hydrogen (secondary N) is 1. The molecule has 4 nitrogen and oxygen atoms in total. The minimum absolute atomic E-state index is 0.0108. The first-order chi connectivity index (χ1) is 13.7. The quantitative estimate of drug-likeness (QED) is 0.570. The maximum absolute atomic E-state index is 13.8. The third kappa shape index (κ3) is 5.10. The molecule has 1 heterocycles. The molecule has 150 valence electrons. The highest BCUT2D eigenvalue weighted by Crippen LogP contribution is 2.30. The van der Waals surface area contributed by atoms with Crippen molar-refractivity contribution in [1.82, 2.24) is 10.3 Å². The molecule has 3 rings (SSSR count). The van der Waals surface area contributed by atoms with Crippen LogP contribution in [0.4, 0.5) is 17.6 Å². The fraction of sp³-hybridized carbons (Fsp3) is 0.143. The number of ether oxygens (including phenoxy) is 1. The molecule has 0 bridgehead atoms. The fourth-order valence-electron chi connectivity index (χ4n) is 2.59. The minimum atomic E-state index is -4.47. The summed E-state index contributed by atoms with van der Waals surface area (Å²) in [5.74, 6) is -0.521. The molecule has 0 aliphatic heterocycles. The van der Waals surface area contributed by atoms with Gasteiger partial charge in [-0.3, -0.25) is 4.79 Å². The summed E-state index contributed by atoms with van der Waals surface area (Å²) in [4.78, 5) is 16.0. The fourth-order valence-corrected chi connectivity index (χ4v) is 2.59. The smallest absolute Gasteiger partial charge is 0.417 e. The van der Waals surface area contributed by atoms with Crippen LogP contribution in [0.5, 0.6) is 11.6 Å². The summed E-state index contributed by atoms with van der Waals surface area (Å²) in [6, 6.07) is 13.6. The van der Waals surface area contributed by atoms with Gasteiger partial charge in [0.05, 0.1) is 11.6 Å². The van der Waals surface area contributed by atoms with Gasteiger partial charge in [-0.2, -0.15) is 13.2 Å². The number of nitrogens with zero attached hydrogens (tertiary/aromatic N) is 1. The van der Waals surface area contributed by atoms with E-state index in [1.807, 2.05) is 0 Å². The van der Waals surface area contributed by atoms with E-state index in [1.54, 1.807) is 25.1 Å². The second-order valence-corrected chi connectivity index (χ2v) is 6.23. The number of halogens is 4. The molecule has 1 atom stereocenters. The highest BCUT2D eigenvalue weighted by Gasteiger charge is 2.30. The van der Waals surface area contributed by atoms with Gasteiger partial charge in [-0.1, -0.05) is 18.2 Å². The summed E-state index contributed by atoms with van der Waals surface area (Å²) < 4.78 is 56.8. The van der Waals surface area contributed by atoms with E-state index >= 15 is 0 Å². The van der Waals surface area contributed by atoms with Crippen molar-refractivity contribution in [2.75, 3.05) is 0 Å². The largest absolute Gasteiger partial charge is 0.439 e. The van der Waals surface area contributed by atoms with E-state index in [0.717, 1.165) is 12.1 Å². The van der Waals surface area contributed by atoms with E-state index in [1.165, 1.54) is 30.3 Å². The Morgan fingerprint density at radius 3 is 2.31 bits per heavy atom. The Morgan fingerprint density at radius 1 is 1.03 bits per heavy atom. The second kappa shape index (κ2) is 8.30. The number of carbonyl (C=O) groups excluding carboxylic acids is 1. The van der Waals surface area contributed by atoms with Gasteiger partial charge < -0.3 is 10.1 Å². The van der Waals surface area contributed by atoms with Gasteiger partial charge in [-0.05, 0) is 43.3 Å². The number of benzene rings is 2. The molecule has 0 radical (unpaired) electrons. The summed E-state index contributed by atoms with van der Waals surface area (Å²) >= 11 is 0. The second-order valence-electron chi connectivity index (χ2n) is 6.23. The molecule has 0 fully saturated rings. The lowest BCUT2D eigenvalue weighted by molar-refractivity contribution is -0.137. The molecule has 29 heavy (non-hydrogen) atoms. The average molecular weight is 404 g/mol. The first-order valence-corrected chi connectivity index (χ1v) is 8.60. The van der Waals surface area contributed by atoms with Crippen LogP contribution in [0.2, 0.25) is 0 Å². The first kappa shape index (κ1) is 20.3. The van der Waals surface area contributed by atoms with E-state index in [0.29, 0.717) is 23.1 Å². The van der Waals surface area contributed by atoms with Crippen LogP contribution in [-0.4, -0.2) is 10.9 Å². The zero-order valence-corrected chi connectivity index (χ0v) is 15.2. The van der Waals surface area contributed by atoms with Crippen LogP contribution in [-0.2, 0) is 6.18 Å². The number of pyridine rings is 1. The minimum Gasteiger partial charge on any atom is -0.439 e. The van der Waals surface area contributed by atoms with Gasteiger partial charge >= 0.3 is 6.18 Å². The molecule has 0 spiro atoms. The predicted molar refractivity (Wildman–Crippen MR) is 98.0 cm³/mol. The van der Waals surface area contributed by atoms with Crippen LogP contribution in [0.3, 0.4) is 0 Å². The molecule has 3 aromatic rings. The van der Waals surface area contributed by atoms with Crippen molar-refractivity contribution in [2.24, 2.45) is 0 Å². The van der Waals surface area contributed by atoms with E-state index in [4.69, 9.17) is 4.74 Å². The van der Waals surface area contributed by atoms with Crippen LogP contribution < -0.4 is 10.1 Å². The van der Waals surface area contributed by atoms with E-state index < -0.39 is 29.5 Å². The summed E-state index contributed by atoms with van der Waals surface area (Å²) in [6.07, 6.45) is -3.79. The van der Waals surface area contributed by atoms with Crippen molar-refractivity contribution in [3.63, 3.8) is 0 Å². The Kier molecular flexibility index (Phi) is 5.81. The normalized spacial score (nSPS) is 12.3. The van der Waals surface area contributed by atoms with Gasteiger partial charge in [0.15, 0.2) is 0 Å². The first-order valence-electron chi connectivity index (χ1n) is 8.60. The molecule has 1 unspecified atom stereocenters. The number of alkyl halides is 3. The average Bonchev–Trinajstić information content (AvgIpc) is 2.68. The SMILES string of the molecule is CC(NC(=O)c1ccc(Oc2ccc(C(F)(F)F)cn2)cc1)c1ccccc1F. The summed E-state index contributed by atoms with van der Waals surface area (Å²) in [7, 11) is 0. The molecular weight excluding hydrogens is 388 g/mol. The van der Waals surface area contributed by atoms with Crippen LogP contribution in [0, 0.1) is 5.82 Å². The summed E-state index contributed by atoms with van der Waals surface area (Å²) in [5.41, 5.74) is -0.184. The molecular formula is C21H16F4N2O2. The number of hydrogen-bond donors (Lipinski definition) is 1. The van der Waals surface area contributed by atoms with Gasteiger partial charge in [-0.15, -0.1) is 0 Å². The molecule has 0 saturated heterocycles. The van der Waals surface area contributed by atoms with Gasteiger partial charge in [0.2, 0.25) is 5.88 Å². The van der Waals surface area contributed by atoms with Gasteiger partial charge in [0, 0.05) is 23.4 Å². The Balaban J connectivity index is 1.64. The maximum Gasteiger partial charge on any atom is 0.417 e. The van der Waals surface area contributed by atoms with Crippen molar-refractivity contribution in [3.8, 4) is 11.6 Å². The number of carbonyl (C=O) groups is 1. The predicted octanol–water partition coefficient (Wildman–Crippen LogP) is 5.52. The molecule has 1 amide bonds. The third-order valence-electron chi connectivity index (χ3n) is 4.12. The monoisotopic (exact) mass is 404 g/mol. The number of rotatable bonds is 5. The van der Waals surface area contributed by atoms with Gasteiger partial charge in [-0.25, -0.2) is 9.37 Å². The van der Waals surface area contributed by atoms with Gasteiger partial charge in [0.1, 0.15) is 11.6 Å². The van der Waals surface area contributed by atoms with Crippen molar-refractivity contribution < 1.29 is 27.1 Å². The Bertz CT molecular complexity index is 987. The number of hydrogen-bond acceptors (Lipinski definition) is 3. The topological polar surface area (TPSA) is 51.2 Å². The van der Waals surface area contributed by atoms with Crippen molar-refractivity contribution >= 4 is 5.91 Å². The Hall–Kier alpha value is -3.42. The van der Waals surface area contributed by atoms with Crippen molar-refractivity contribution in [1.29, 1.82) is 0 Å². The van der Waals surface area contributed by atoms with Gasteiger partial charge in [0.25, 0.3) is 5.91 Å². The van der Waals surface area contributed by atoms with E-state index in [2.05, 4.69) is 10.3 Å². The molecule has 2 aromatic carbocycles. The van der Waals surface area contributed by atoms with Crippen molar-refractivity contribution in [2.45, 2.75) is 19.1 Å². The molecule has 8 heteroatoms. The highest BCUT2D eigenvalue weighted by molar-refractivity contribution is 5.94. The molecule has 1 N–H and O–H groups in total. The standard InChI is InChI=1S/C21H16F4N2O2/c1-13(17-4-2-3-5-18(17)22)27-20(28)14-6-9-16(10-7-14)29-19-11-8-15(12-26-19)21(23,24)25/h2-13H,1H3,(H,27,28). The van der Waals surface area contributed by atoms with E-state index in [9.17, 15) is 22.4 Å². The third-order valence-corrected chi connectivity index (χ3v) is 4.12. The zero-order valence-electron chi connectivity index (χ0n) is 15.2. The number of amides is 1. The van der Waals surface area contributed by atoms with Crippen LogP contribution in [0.1, 0.15) is 34.5 Å². The highest BCUT2D eigenvalue weighted by atomic mass is 19.4. The molecule has 0 saturated carbocycles. The van der Waals surface area contributed by atoms with E-state index in [-0.39, 0.29) is 5.88 Å². The lowest BCUT2D eigenvalue weighted by Gasteiger charge is -2.15. The maximum atomic E-state index is 13.8.